The number of halogens is 9. The molecule has 0 aromatic carbocycles. The summed E-state index contributed by atoms with van der Waals surface area (Å²) in [6.07, 6.45) is -16.9. The molecule has 5 aliphatic rings. The molecule has 5 heterocycles. The van der Waals surface area contributed by atoms with Crippen molar-refractivity contribution < 1.29 is 53.8 Å². The number of nitrogens with zero attached hydrogens (tertiary/aromatic N) is 1. The van der Waals surface area contributed by atoms with Crippen molar-refractivity contribution in [2.45, 2.75) is 41.9 Å². The molecule has 0 radical (unpaired) electrons. The summed E-state index contributed by atoms with van der Waals surface area (Å²) in [5.74, 6) is -4.88. The molecule has 0 saturated carbocycles. The molecule has 0 N–H and O–H groups in total. The third-order valence-corrected chi connectivity index (χ3v) is 6.36. The highest BCUT2D eigenvalue weighted by atomic mass is 19.4. The Morgan fingerprint density at radius 3 is 2.21 bits per heavy atom. The molecule has 6 atom stereocenters. The van der Waals surface area contributed by atoms with Crippen LogP contribution in [0.4, 0.5) is 39.5 Å². The van der Waals surface area contributed by atoms with E-state index in [-0.39, 0.29) is 4.90 Å². The third kappa shape index (κ3) is 2.17. The van der Waals surface area contributed by atoms with Gasteiger partial charge in [0.25, 0.3) is 0 Å². The predicted octanol–water partition coefficient (Wildman–Crippen LogP) is 2.90. The van der Waals surface area contributed by atoms with Crippen LogP contribution in [0, 0.1) is 11.8 Å². The van der Waals surface area contributed by atoms with E-state index in [0.717, 1.165) is 0 Å². The Bertz CT molecular complexity index is 872. The van der Waals surface area contributed by atoms with Crippen molar-refractivity contribution in [1.82, 2.24) is 4.90 Å². The van der Waals surface area contributed by atoms with Crippen molar-refractivity contribution >= 4 is 5.91 Å². The molecule has 13 heteroatoms. The van der Waals surface area contributed by atoms with E-state index in [1.54, 1.807) is 0 Å². The summed E-state index contributed by atoms with van der Waals surface area (Å²) < 4.78 is 132. The van der Waals surface area contributed by atoms with Gasteiger partial charge in [-0.2, -0.15) is 39.5 Å². The normalized spacial score (nSPS) is 42.9. The number of fused-ring (bicyclic) bond motifs is 4. The number of hydrogen-bond donors (Lipinski definition) is 0. The minimum Gasteiger partial charge on any atom is -0.361 e. The van der Waals surface area contributed by atoms with Crippen LogP contribution in [0.3, 0.4) is 0 Å². The average molecular weight is 435 g/mol. The van der Waals surface area contributed by atoms with E-state index in [1.807, 2.05) is 0 Å². The second kappa shape index (κ2) is 4.93. The van der Waals surface area contributed by atoms with Crippen LogP contribution in [0.1, 0.15) is 0 Å². The molecular formula is C16H10F9NO3. The molecular weight excluding hydrogens is 425 g/mol. The Morgan fingerprint density at radius 2 is 1.66 bits per heavy atom. The Balaban J connectivity index is 1.73. The monoisotopic (exact) mass is 435 g/mol. The molecule has 5 rings (SSSR count). The summed E-state index contributed by atoms with van der Waals surface area (Å²) in [4.78, 5) is 11.9. The van der Waals surface area contributed by atoms with Gasteiger partial charge in [-0.1, -0.05) is 12.2 Å². The van der Waals surface area contributed by atoms with Gasteiger partial charge in [0.2, 0.25) is 0 Å². The molecule has 5 aliphatic heterocycles. The molecule has 0 unspecified atom stereocenters. The lowest BCUT2D eigenvalue weighted by atomic mass is 9.58. The summed E-state index contributed by atoms with van der Waals surface area (Å²) in [6.45, 7) is -2.01. The van der Waals surface area contributed by atoms with Crippen LogP contribution in [-0.4, -0.2) is 65.8 Å². The second-order valence-corrected chi connectivity index (χ2v) is 7.82. The van der Waals surface area contributed by atoms with Gasteiger partial charge in [0.05, 0.1) is 36.4 Å². The van der Waals surface area contributed by atoms with Crippen molar-refractivity contribution in [3.05, 3.63) is 23.3 Å². The van der Waals surface area contributed by atoms with Gasteiger partial charge < -0.3 is 14.4 Å². The van der Waals surface area contributed by atoms with Crippen molar-refractivity contribution in [3.63, 3.8) is 0 Å². The van der Waals surface area contributed by atoms with Crippen molar-refractivity contribution in [2.75, 3.05) is 13.1 Å². The number of piperidine rings is 1. The van der Waals surface area contributed by atoms with Crippen LogP contribution in [0.2, 0.25) is 0 Å². The Kier molecular flexibility index (Phi) is 3.27. The van der Waals surface area contributed by atoms with Crippen LogP contribution in [0.5, 0.6) is 0 Å². The predicted molar refractivity (Wildman–Crippen MR) is 73.1 cm³/mol. The number of carbonyl (C=O) groups is 1. The van der Waals surface area contributed by atoms with Crippen LogP contribution in [0.25, 0.3) is 0 Å². The first-order valence-corrected chi connectivity index (χ1v) is 8.42. The zero-order chi connectivity index (χ0) is 21.4. The average Bonchev–Trinajstić information content (AvgIpc) is 3.25. The van der Waals surface area contributed by atoms with Gasteiger partial charge in [0.1, 0.15) is 11.2 Å². The number of likely N-dealkylation sites (tertiary alicyclic amines) is 1. The molecule has 0 aliphatic carbocycles. The third-order valence-electron chi connectivity index (χ3n) is 6.36. The molecule has 4 bridgehead atoms. The van der Waals surface area contributed by atoms with E-state index >= 15 is 0 Å². The number of ether oxygens (including phenoxy) is 2. The highest BCUT2D eigenvalue weighted by molar-refractivity contribution is 5.82. The van der Waals surface area contributed by atoms with E-state index in [0.29, 0.717) is 0 Å². The fourth-order valence-corrected chi connectivity index (χ4v) is 5.82. The van der Waals surface area contributed by atoms with E-state index in [2.05, 4.69) is 0 Å². The van der Waals surface area contributed by atoms with Gasteiger partial charge in [-0.3, -0.25) is 4.79 Å². The molecule has 3 saturated heterocycles. The summed E-state index contributed by atoms with van der Waals surface area (Å²) >= 11 is 0. The number of carbonyl (C=O) groups excluding carboxylic acids is 1. The van der Waals surface area contributed by atoms with Gasteiger partial charge in [-0.15, -0.1) is 0 Å². The minimum absolute atomic E-state index is 0.0546. The Morgan fingerprint density at radius 1 is 1.00 bits per heavy atom. The van der Waals surface area contributed by atoms with Crippen molar-refractivity contribution in [3.8, 4) is 0 Å². The minimum atomic E-state index is -5.53. The highest BCUT2D eigenvalue weighted by Gasteiger charge is 2.82. The van der Waals surface area contributed by atoms with Crippen molar-refractivity contribution in [1.29, 1.82) is 0 Å². The van der Waals surface area contributed by atoms with Gasteiger partial charge >= 0.3 is 24.4 Å². The topological polar surface area (TPSA) is 38.8 Å². The maximum Gasteiger partial charge on any atom is 0.471 e. The van der Waals surface area contributed by atoms with Gasteiger partial charge in [-0.25, -0.2) is 0 Å². The standard InChI is InChI=1S/C16H10F9NO3/c17-14(18,19)7-8-6-5-1-2-12(28-5)3-26(11(27)16(23,24)25)4-13(29-8,9(6)12)10(7)15(20,21)22/h1-2,5-6,8-9H,3-4H2/t5-,6+,8-,9-,12-,13+/m0/s1. The van der Waals surface area contributed by atoms with Crippen LogP contribution in [0.15, 0.2) is 23.3 Å². The first-order valence-electron chi connectivity index (χ1n) is 8.42. The van der Waals surface area contributed by atoms with Crippen molar-refractivity contribution in [2.24, 2.45) is 11.8 Å². The van der Waals surface area contributed by atoms with E-state index in [9.17, 15) is 44.3 Å². The molecule has 3 fully saturated rings. The van der Waals surface area contributed by atoms with E-state index < -0.39 is 83.9 Å². The fourth-order valence-electron chi connectivity index (χ4n) is 5.82. The first-order chi connectivity index (χ1) is 13.1. The van der Waals surface area contributed by atoms with Crippen LogP contribution in [-0.2, 0) is 14.3 Å². The molecule has 0 aromatic rings. The summed E-state index contributed by atoms with van der Waals surface area (Å²) in [6, 6.07) is 0. The molecule has 160 valence electrons. The summed E-state index contributed by atoms with van der Waals surface area (Å²) in [5, 5.41) is 0. The quantitative estimate of drug-likeness (QED) is 0.434. The SMILES string of the molecule is O=C(N1C[C@]23O[C@H](C(C(F)(F)F)=C2C(F)(F)F)[C@H]2[C@@H]4C=C[C@@](C1)(O4)[C@H]23)C(F)(F)F. The molecule has 1 amide bonds. The van der Waals surface area contributed by atoms with Gasteiger partial charge in [0, 0.05) is 11.8 Å². The number of hydrogen-bond acceptors (Lipinski definition) is 3. The summed E-state index contributed by atoms with van der Waals surface area (Å²) in [7, 11) is 0. The number of amides is 1. The lowest BCUT2D eigenvalue weighted by Gasteiger charge is -2.51. The molecule has 4 nitrogen and oxygen atoms in total. The smallest absolute Gasteiger partial charge is 0.361 e. The lowest BCUT2D eigenvalue weighted by Crippen LogP contribution is -2.68. The number of alkyl halides is 9. The zero-order valence-corrected chi connectivity index (χ0v) is 14.0. The molecule has 0 aromatic heterocycles. The van der Waals surface area contributed by atoms with E-state index in [4.69, 9.17) is 9.47 Å². The lowest BCUT2D eigenvalue weighted by molar-refractivity contribution is -0.204. The van der Waals surface area contributed by atoms with Gasteiger partial charge in [0.15, 0.2) is 0 Å². The number of rotatable bonds is 0. The highest BCUT2D eigenvalue weighted by Crippen LogP contribution is 2.70. The Labute approximate surface area is 155 Å². The molecule has 29 heavy (non-hydrogen) atoms. The largest absolute Gasteiger partial charge is 0.471 e. The maximum absolute atomic E-state index is 13.8. The fraction of sp³-hybridized carbons (Fsp3) is 0.688. The van der Waals surface area contributed by atoms with Crippen LogP contribution < -0.4 is 0 Å². The van der Waals surface area contributed by atoms with Crippen LogP contribution >= 0.6 is 0 Å². The van der Waals surface area contributed by atoms with Gasteiger partial charge in [-0.05, 0) is 0 Å². The Hall–Kier alpha value is -1.76. The molecule has 2 spiro atoms. The summed E-state index contributed by atoms with van der Waals surface area (Å²) in [5.41, 5.74) is -8.56. The zero-order valence-electron chi connectivity index (χ0n) is 14.0. The first kappa shape index (κ1) is 19.2. The maximum atomic E-state index is 13.8. The van der Waals surface area contributed by atoms with E-state index in [1.165, 1.54) is 12.2 Å². The second-order valence-electron chi connectivity index (χ2n) is 7.82.